The van der Waals surface area contributed by atoms with Gasteiger partial charge in [-0.1, -0.05) is 5.21 Å². The van der Waals surface area contributed by atoms with Crippen molar-refractivity contribution in [3.63, 3.8) is 0 Å². The summed E-state index contributed by atoms with van der Waals surface area (Å²) < 4.78 is 23.6. The van der Waals surface area contributed by atoms with Crippen LogP contribution in [0.25, 0.3) is 5.69 Å². The quantitative estimate of drug-likeness (QED) is 0.843. The Morgan fingerprint density at radius 3 is 2.60 bits per heavy atom. The summed E-state index contributed by atoms with van der Waals surface area (Å²) in [4.78, 5) is 0. The third-order valence-electron chi connectivity index (χ3n) is 3.22. The third-order valence-corrected chi connectivity index (χ3v) is 3.22. The van der Waals surface area contributed by atoms with Gasteiger partial charge in [-0.25, -0.2) is 4.68 Å². The zero-order valence-corrected chi connectivity index (χ0v) is 11.5. The molecule has 0 N–H and O–H groups in total. The van der Waals surface area contributed by atoms with Gasteiger partial charge in [-0.3, -0.25) is 0 Å². The van der Waals surface area contributed by atoms with E-state index in [0.29, 0.717) is 30.5 Å². The maximum atomic E-state index is 5.63. The van der Waals surface area contributed by atoms with Crippen molar-refractivity contribution >= 4 is 0 Å². The van der Waals surface area contributed by atoms with Gasteiger partial charge >= 0.3 is 0 Å². The first kappa shape index (κ1) is 12.7. The van der Waals surface area contributed by atoms with E-state index in [1.54, 1.807) is 32.2 Å². The monoisotopic (exact) mass is 277 g/mol. The molecule has 7 nitrogen and oxygen atoms in total. The fourth-order valence-electron chi connectivity index (χ4n) is 2.34. The smallest absolute Gasteiger partial charge is 0.205 e. The van der Waals surface area contributed by atoms with Gasteiger partial charge in [0.2, 0.25) is 5.75 Å². The van der Waals surface area contributed by atoms with Crippen LogP contribution < -0.4 is 14.2 Å². The first-order valence-corrected chi connectivity index (χ1v) is 6.09. The number of methoxy groups -OCH3 is 3. The molecule has 7 heteroatoms. The van der Waals surface area contributed by atoms with Gasteiger partial charge in [0.15, 0.2) is 11.5 Å². The molecule has 1 aromatic heterocycles. The number of aromatic nitrogens is 3. The second kappa shape index (κ2) is 5.01. The molecule has 2 heterocycles. The summed E-state index contributed by atoms with van der Waals surface area (Å²) in [6.45, 7) is 0.880. The Bertz CT molecular complexity index is 639. The molecule has 106 valence electrons. The summed E-state index contributed by atoms with van der Waals surface area (Å²) in [7, 11) is 4.74. The van der Waals surface area contributed by atoms with E-state index in [1.807, 2.05) is 6.07 Å². The number of rotatable bonds is 3. The minimum atomic E-state index is 0.440. The lowest BCUT2D eigenvalue weighted by Crippen LogP contribution is -2.07. The SMILES string of the molecule is COc1cc2c(c(OC)c1OC)-n1nncc1COC2. The highest BCUT2D eigenvalue weighted by Gasteiger charge is 2.26. The lowest BCUT2D eigenvalue weighted by molar-refractivity contribution is 0.107. The van der Waals surface area contributed by atoms with Gasteiger partial charge < -0.3 is 18.9 Å². The molecular weight excluding hydrogens is 262 g/mol. The molecule has 0 saturated carbocycles. The molecule has 2 aromatic rings. The Hall–Kier alpha value is -2.28. The number of nitrogens with zero attached hydrogens (tertiary/aromatic N) is 3. The molecule has 0 radical (unpaired) electrons. The zero-order chi connectivity index (χ0) is 14.1. The first-order valence-electron chi connectivity index (χ1n) is 6.09. The van der Waals surface area contributed by atoms with Crippen molar-refractivity contribution in [3.05, 3.63) is 23.5 Å². The average Bonchev–Trinajstić information content (AvgIpc) is 2.86. The number of hydrogen-bond donors (Lipinski definition) is 0. The van der Waals surface area contributed by atoms with E-state index in [9.17, 15) is 0 Å². The second-order valence-corrected chi connectivity index (χ2v) is 4.28. The van der Waals surface area contributed by atoms with Gasteiger partial charge in [0.1, 0.15) is 5.69 Å². The van der Waals surface area contributed by atoms with Crippen LogP contribution >= 0.6 is 0 Å². The fourth-order valence-corrected chi connectivity index (χ4v) is 2.34. The van der Waals surface area contributed by atoms with Crippen LogP contribution in [-0.4, -0.2) is 36.3 Å². The average molecular weight is 277 g/mol. The highest BCUT2D eigenvalue weighted by molar-refractivity contribution is 5.66. The van der Waals surface area contributed by atoms with Crippen molar-refractivity contribution in [2.24, 2.45) is 0 Å². The Morgan fingerprint density at radius 1 is 1.10 bits per heavy atom. The largest absolute Gasteiger partial charge is 0.493 e. The van der Waals surface area contributed by atoms with E-state index in [0.717, 1.165) is 16.9 Å². The van der Waals surface area contributed by atoms with Crippen molar-refractivity contribution < 1.29 is 18.9 Å². The van der Waals surface area contributed by atoms with Crippen LogP contribution in [0.3, 0.4) is 0 Å². The van der Waals surface area contributed by atoms with E-state index >= 15 is 0 Å². The molecule has 0 aliphatic carbocycles. The van der Waals surface area contributed by atoms with Crippen molar-refractivity contribution in [2.75, 3.05) is 21.3 Å². The normalized spacial score (nSPS) is 13.2. The molecule has 20 heavy (non-hydrogen) atoms. The van der Waals surface area contributed by atoms with Gasteiger partial charge in [0.25, 0.3) is 0 Å². The molecule has 1 aliphatic rings. The fraction of sp³-hybridized carbons (Fsp3) is 0.385. The van der Waals surface area contributed by atoms with E-state index in [-0.39, 0.29) is 0 Å². The summed E-state index contributed by atoms with van der Waals surface area (Å²) in [6.07, 6.45) is 1.67. The van der Waals surface area contributed by atoms with Crippen molar-refractivity contribution in [3.8, 4) is 22.9 Å². The molecule has 0 bridgehead atoms. The first-order chi connectivity index (χ1) is 9.80. The van der Waals surface area contributed by atoms with Crippen LogP contribution in [-0.2, 0) is 18.0 Å². The molecule has 0 saturated heterocycles. The number of fused-ring (bicyclic) bond motifs is 3. The van der Waals surface area contributed by atoms with Gasteiger partial charge in [0.05, 0.1) is 46.4 Å². The van der Waals surface area contributed by atoms with E-state index < -0.39 is 0 Å². The minimum Gasteiger partial charge on any atom is -0.493 e. The predicted molar refractivity (Wildman–Crippen MR) is 69.5 cm³/mol. The van der Waals surface area contributed by atoms with E-state index in [2.05, 4.69) is 10.3 Å². The van der Waals surface area contributed by atoms with Crippen molar-refractivity contribution in [1.82, 2.24) is 15.0 Å². The van der Waals surface area contributed by atoms with E-state index in [4.69, 9.17) is 18.9 Å². The van der Waals surface area contributed by atoms with Crippen LogP contribution in [0.5, 0.6) is 17.2 Å². The Kier molecular flexibility index (Phi) is 3.19. The lowest BCUT2D eigenvalue weighted by atomic mass is 10.1. The van der Waals surface area contributed by atoms with Crippen LogP contribution in [0, 0.1) is 0 Å². The van der Waals surface area contributed by atoms with Crippen LogP contribution in [0.4, 0.5) is 0 Å². The summed E-state index contributed by atoms with van der Waals surface area (Å²) in [5.41, 5.74) is 2.54. The van der Waals surface area contributed by atoms with Crippen molar-refractivity contribution in [2.45, 2.75) is 13.2 Å². The summed E-state index contributed by atoms with van der Waals surface area (Å²) in [6, 6.07) is 1.87. The van der Waals surface area contributed by atoms with Gasteiger partial charge in [-0.15, -0.1) is 5.10 Å². The number of hydrogen-bond acceptors (Lipinski definition) is 6. The highest BCUT2D eigenvalue weighted by atomic mass is 16.5. The zero-order valence-electron chi connectivity index (χ0n) is 11.5. The summed E-state index contributed by atoms with van der Waals surface area (Å²) >= 11 is 0. The lowest BCUT2D eigenvalue weighted by Gasteiger charge is -2.18. The highest BCUT2D eigenvalue weighted by Crippen LogP contribution is 2.44. The topological polar surface area (TPSA) is 67.6 Å². The molecule has 0 unspecified atom stereocenters. The molecule has 0 fully saturated rings. The van der Waals surface area contributed by atoms with Crippen LogP contribution in [0.2, 0.25) is 0 Å². The van der Waals surface area contributed by atoms with Crippen molar-refractivity contribution in [1.29, 1.82) is 0 Å². The van der Waals surface area contributed by atoms with Gasteiger partial charge in [-0.05, 0) is 6.07 Å². The maximum absolute atomic E-state index is 5.63. The molecule has 3 rings (SSSR count). The molecule has 1 aromatic carbocycles. The third kappa shape index (κ3) is 1.78. The molecule has 0 atom stereocenters. The van der Waals surface area contributed by atoms with Crippen LogP contribution in [0.15, 0.2) is 12.3 Å². The Labute approximate surface area is 116 Å². The molecule has 1 aliphatic heterocycles. The maximum Gasteiger partial charge on any atom is 0.205 e. The van der Waals surface area contributed by atoms with Gasteiger partial charge in [-0.2, -0.15) is 0 Å². The Balaban J connectivity index is 2.33. The molecule has 0 amide bonds. The Morgan fingerprint density at radius 2 is 1.90 bits per heavy atom. The van der Waals surface area contributed by atoms with E-state index in [1.165, 1.54) is 0 Å². The molecule has 0 spiro atoms. The summed E-state index contributed by atoms with van der Waals surface area (Å²) in [5.74, 6) is 1.67. The predicted octanol–water partition coefficient (Wildman–Crippen LogP) is 1.32. The molecular formula is C13H15N3O4. The van der Waals surface area contributed by atoms with Gasteiger partial charge in [0, 0.05) is 5.56 Å². The van der Waals surface area contributed by atoms with Crippen LogP contribution in [0.1, 0.15) is 11.3 Å². The second-order valence-electron chi connectivity index (χ2n) is 4.28. The number of ether oxygens (including phenoxy) is 4. The summed E-state index contributed by atoms with van der Waals surface area (Å²) in [5, 5.41) is 8.03. The standard InChI is InChI=1S/C13H15N3O4/c1-17-10-4-8-6-20-7-9-5-14-15-16(9)11(8)13(19-3)12(10)18-2/h4-5H,6-7H2,1-3H3. The number of benzene rings is 1. The minimum absolute atomic E-state index is 0.440.